The number of carbonyl (C=O) groups excluding carboxylic acids is 1. The number of aryl methyl sites for hydroxylation is 1. The fraction of sp³-hybridized carbons (Fsp3) is 0.737. The second kappa shape index (κ2) is 8.50. The highest BCUT2D eigenvalue weighted by Crippen LogP contribution is 2.25. The van der Waals surface area contributed by atoms with Crippen LogP contribution in [0.3, 0.4) is 0 Å². The standard InChI is InChI=1S/C19H30N4O2/c1-2-23-19(25)13-17(14-20-23)22-11-7-8-16(15-22)12-18(24)21-9-5-3-4-6-10-21/h13-14,16H,2-12,15H2,1H3. The summed E-state index contributed by atoms with van der Waals surface area (Å²) in [6, 6.07) is 1.68. The third-order valence-corrected chi connectivity index (χ3v) is 5.46. The number of likely N-dealkylation sites (tertiary alicyclic amines) is 1. The Morgan fingerprint density at radius 3 is 2.60 bits per heavy atom. The smallest absolute Gasteiger partial charge is 0.268 e. The lowest BCUT2D eigenvalue weighted by atomic mass is 9.94. The molecular formula is C19H30N4O2. The van der Waals surface area contributed by atoms with Crippen molar-refractivity contribution in [1.29, 1.82) is 0 Å². The number of hydrogen-bond acceptors (Lipinski definition) is 4. The molecule has 2 aliphatic rings. The van der Waals surface area contributed by atoms with E-state index in [-0.39, 0.29) is 5.56 Å². The van der Waals surface area contributed by atoms with E-state index in [0.29, 0.717) is 24.8 Å². The average molecular weight is 346 g/mol. The number of hydrogen-bond donors (Lipinski definition) is 0. The van der Waals surface area contributed by atoms with Gasteiger partial charge in [0.25, 0.3) is 5.56 Å². The van der Waals surface area contributed by atoms with Gasteiger partial charge in [0.2, 0.25) is 5.91 Å². The molecule has 2 fully saturated rings. The maximum Gasteiger partial charge on any atom is 0.268 e. The molecule has 2 aliphatic heterocycles. The van der Waals surface area contributed by atoms with Crippen molar-refractivity contribution < 1.29 is 4.79 Å². The summed E-state index contributed by atoms with van der Waals surface area (Å²) in [4.78, 5) is 29.0. The normalized spacial score (nSPS) is 21.9. The zero-order valence-corrected chi connectivity index (χ0v) is 15.3. The molecule has 25 heavy (non-hydrogen) atoms. The summed E-state index contributed by atoms with van der Waals surface area (Å²) < 4.78 is 1.47. The van der Waals surface area contributed by atoms with Crippen LogP contribution in [0.15, 0.2) is 17.1 Å². The van der Waals surface area contributed by atoms with Crippen LogP contribution in [0, 0.1) is 5.92 Å². The SMILES string of the molecule is CCn1ncc(N2CCCC(CC(=O)N3CCCCCC3)C2)cc1=O. The number of anilines is 1. The molecule has 138 valence electrons. The van der Waals surface area contributed by atoms with E-state index in [1.807, 2.05) is 6.92 Å². The summed E-state index contributed by atoms with van der Waals surface area (Å²) in [7, 11) is 0. The first kappa shape index (κ1) is 18.0. The molecule has 1 aromatic rings. The van der Waals surface area contributed by atoms with Gasteiger partial charge in [0.1, 0.15) is 0 Å². The van der Waals surface area contributed by atoms with Crippen molar-refractivity contribution in [2.24, 2.45) is 5.92 Å². The first-order valence-electron chi connectivity index (χ1n) is 9.77. The van der Waals surface area contributed by atoms with Gasteiger partial charge in [-0.3, -0.25) is 9.59 Å². The van der Waals surface area contributed by atoms with Gasteiger partial charge in [0.05, 0.1) is 11.9 Å². The van der Waals surface area contributed by atoms with Crippen LogP contribution in [0.1, 0.15) is 51.9 Å². The summed E-state index contributed by atoms with van der Waals surface area (Å²) in [5.74, 6) is 0.686. The van der Waals surface area contributed by atoms with E-state index in [9.17, 15) is 9.59 Å². The van der Waals surface area contributed by atoms with Crippen LogP contribution >= 0.6 is 0 Å². The molecular weight excluding hydrogens is 316 g/mol. The molecule has 1 unspecified atom stereocenters. The van der Waals surface area contributed by atoms with Crippen molar-refractivity contribution in [1.82, 2.24) is 14.7 Å². The van der Waals surface area contributed by atoms with Crippen molar-refractivity contribution in [2.75, 3.05) is 31.1 Å². The van der Waals surface area contributed by atoms with Gasteiger partial charge >= 0.3 is 0 Å². The second-order valence-corrected chi connectivity index (χ2v) is 7.32. The van der Waals surface area contributed by atoms with E-state index in [1.165, 1.54) is 17.5 Å². The Balaban J connectivity index is 1.60. The number of nitrogens with zero attached hydrogens (tertiary/aromatic N) is 4. The molecule has 0 aliphatic carbocycles. The molecule has 0 radical (unpaired) electrons. The van der Waals surface area contributed by atoms with Gasteiger partial charge in [-0.25, -0.2) is 4.68 Å². The van der Waals surface area contributed by atoms with E-state index >= 15 is 0 Å². The minimum Gasteiger partial charge on any atom is -0.370 e. The molecule has 0 aromatic carbocycles. The molecule has 6 heteroatoms. The Labute approximate surface area is 149 Å². The minimum atomic E-state index is -0.0530. The average Bonchev–Trinajstić information content (AvgIpc) is 2.91. The van der Waals surface area contributed by atoms with Crippen LogP contribution < -0.4 is 10.5 Å². The van der Waals surface area contributed by atoms with Gasteiger partial charge < -0.3 is 9.80 Å². The number of rotatable bonds is 4. The predicted molar refractivity (Wildman–Crippen MR) is 98.8 cm³/mol. The lowest BCUT2D eigenvalue weighted by Gasteiger charge is -2.34. The van der Waals surface area contributed by atoms with Crippen molar-refractivity contribution in [2.45, 2.75) is 58.4 Å². The molecule has 3 heterocycles. The fourth-order valence-corrected chi connectivity index (χ4v) is 4.00. The van der Waals surface area contributed by atoms with Crippen LogP contribution in [-0.2, 0) is 11.3 Å². The van der Waals surface area contributed by atoms with E-state index in [2.05, 4.69) is 14.9 Å². The van der Waals surface area contributed by atoms with Crippen molar-refractivity contribution in [3.05, 3.63) is 22.6 Å². The molecule has 0 saturated carbocycles. The third kappa shape index (κ3) is 4.61. The van der Waals surface area contributed by atoms with Crippen molar-refractivity contribution >= 4 is 11.6 Å². The summed E-state index contributed by atoms with van der Waals surface area (Å²) >= 11 is 0. The summed E-state index contributed by atoms with van der Waals surface area (Å²) in [6.45, 7) is 6.14. The van der Waals surface area contributed by atoms with Crippen LogP contribution in [0.5, 0.6) is 0 Å². The minimum absolute atomic E-state index is 0.0530. The van der Waals surface area contributed by atoms with Crippen LogP contribution in [0.4, 0.5) is 5.69 Å². The molecule has 0 bridgehead atoms. The maximum atomic E-state index is 12.6. The van der Waals surface area contributed by atoms with E-state index in [4.69, 9.17) is 0 Å². The lowest BCUT2D eigenvalue weighted by Crippen LogP contribution is -2.40. The molecule has 1 amide bonds. The summed E-state index contributed by atoms with van der Waals surface area (Å²) in [5.41, 5.74) is 0.837. The molecule has 1 aromatic heterocycles. The second-order valence-electron chi connectivity index (χ2n) is 7.32. The molecule has 0 spiro atoms. The number of aromatic nitrogens is 2. The summed E-state index contributed by atoms with van der Waals surface area (Å²) in [5, 5.41) is 4.23. The van der Waals surface area contributed by atoms with Gasteiger partial charge in [0.15, 0.2) is 0 Å². The molecule has 6 nitrogen and oxygen atoms in total. The maximum absolute atomic E-state index is 12.6. The highest BCUT2D eigenvalue weighted by molar-refractivity contribution is 5.76. The number of piperidine rings is 1. The first-order valence-corrected chi connectivity index (χ1v) is 9.77. The van der Waals surface area contributed by atoms with Gasteiger partial charge in [-0.2, -0.15) is 5.10 Å². The van der Waals surface area contributed by atoms with Crippen LogP contribution in [-0.4, -0.2) is 46.8 Å². The summed E-state index contributed by atoms with van der Waals surface area (Å²) in [6.07, 6.45) is 9.35. The predicted octanol–water partition coefficient (Wildman–Crippen LogP) is 2.27. The Morgan fingerprint density at radius 1 is 1.16 bits per heavy atom. The fourth-order valence-electron chi connectivity index (χ4n) is 4.00. The van der Waals surface area contributed by atoms with Crippen LogP contribution in [0.2, 0.25) is 0 Å². The van der Waals surface area contributed by atoms with Gasteiger partial charge in [-0.15, -0.1) is 0 Å². The largest absolute Gasteiger partial charge is 0.370 e. The lowest BCUT2D eigenvalue weighted by molar-refractivity contribution is -0.132. The van der Waals surface area contributed by atoms with Gasteiger partial charge in [-0.05, 0) is 38.5 Å². The Kier molecular flexibility index (Phi) is 6.10. The Hall–Kier alpha value is -1.85. The highest BCUT2D eigenvalue weighted by Gasteiger charge is 2.25. The van der Waals surface area contributed by atoms with Crippen LogP contribution in [0.25, 0.3) is 0 Å². The molecule has 1 atom stereocenters. The quantitative estimate of drug-likeness (QED) is 0.839. The monoisotopic (exact) mass is 346 g/mol. The molecule has 0 N–H and O–H groups in total. The van der Waals surface area contributed by atoms with E-state index in [1.54, 1.807) is 12.3 Å². The van der Waals surface area contributed by atoms with Gasteiger partial charge in [-0.1, -0.05) is 12.8 Å². The van der Waals surface area contributed by atoms with Crippen molar-refractivity contribution in [3.8, 4) is 0 Å². The highest BCUT2D eigenvalue weighted by atomic mass is 16.2. The topological polar surface area (TPSA) is 58.4 Å². The number of amides is 1. The zero-order valence-electron chi connectivity index (χ0n) is 15.3. The molecule has 3 rings (SSSR count). The van der Waals surface area contributed by atoms with E-state index < -0.39 is 0 Å². The van der Waals surface area contributed by atoms with Crippen molar-refractivity contribution in [3.63, 3.8) is 0 Å². The first-order chi connectivity index (χ1) is 12.2. The number of carbonyl (C=O) groups is 1. The third-order valence-electron chi connectivity index (χ3n) is 5.46. The van der Waals surface area contributed by atoms with Gasteiger partial charge in [0, 0.05) is 45.2 Å². The molecule has 2 saturated heterocycles. The van der Waals surface area contributed by atoms with E-state index in [0.717, 1.165) is 57.5 Å². The zero-order chi connectivity index (χ0) is 17.6. The Morgan fingerprint density at radius 2 is 1.92 bits per heavy atom. The Bertz CT molecular complexity index is 635.